The Bertz CT molecular complexity index is 1990. The summed E-state index contributed by atoms with van der Waals surface area (Å²) >= 11 is 0. The Balaban J connectivity index is 1.88. The van der Waals surface area contributed by atoms with Crippen LogP contribution in [0.4, 0.5) is 4.39 Å². The van der Waals surface area contributed by atoms with Crippen LogP contribution < -0.4 is 18.9 Å². The predicted molar refractivity (Wildman–Crippen MR) is 173 cm³/mol. The molecular formula is C38H29FO8. The van der Waals surface area contributed by atoms with Gasteiger partial charge in [-0.15, -0.1) is 0 Å². The molecule has 8 nitrogen and oxygen atoms in total. The van der Waals surface area contributed by atoms with Crippen LogP contribution in [0.25, 0.3) is 0 Å². The zero-order valence-corrected chi connectivity index (χ0v) is 26.2. The molecule has 0 heterocycles. The first-order chi connectivity index (χ1) is 22.1. The number of halogens is 1. The zero-order chi connectivity index (χ0) is 34.8. The molecule has 3 rings (SSSR count). The van der Waals surface area contributed by atoms with Crippen molar-refractivity contribution in [3.8, 4) is 46.7 Å². The van der Waals surface area contributed by atoms with Crippen molar-refractivity contribution in [1.82, 2.24) is 0 Å². The van der Waals surface area contributed by atoms with E-state index in [1.807, 2.05) is 0 Å². The Morgan fingerprint density at radius 3 is 1.17 bits per heavy atom. The summed E-state index contributed by atoms with van der Waals surface area (Å²) in [4.78, 5) is 48.3. The molecular weight excluding hydrogens is 603 g/mol. The molecule has 0 amide bonds. The SMILES string of the molecule is C=C(C)C(=O)Oc1ccc(C#Cc2ccc(C#Cc3ccc(OC(=O)C(=C)C)c(OC(=O)C(=C)C)c3)c(F)c2)cc1OC(=O)C(=C)C. The number of carbonyl (C=O) groups excluding carboxylic acids is 4. The summed E-state index contributed by atoms with van der Waals surface area (Å²) in [6.07, 6.45) is 0. The molecule has 0 aliphatic carbocycles. The van der Waals surface area contributed by atoms with Crippen LogP contribution >= 0.6 is 0 Å². The van der Waals surface area contributed by atoms with E-state index < -0.39 is 29.7 Å². The molecule has 0 unspecified atom stereocenters. The van der Waals surface area contributed by atoms with Crippen molar-refractivity contribution >= 4 is 23.9 Å². The van der Waals surface area contributed by atoms with Gasteiger partial charge in [0.2, 0.25) is 0 Å². The third-order valence-electron chi connectivity index (χ3n) is 5.75. The van der Waals surface area contributed by atoms with Crippen molar-refractivity contribution in [2.24, 2.45) is 0 Å². The maximum Gasteiger partial charge on any atom is 0.338 e. The van der Waals surface area contributed by atoms with E-state index in [2.05, 4.69) is 50.0 Å². The molecule has 9 heteroatoms. The molecule has 0 saturated heterocycles. The summed E-state index contributed by atoms with van der Waals surface area (Å²) in [6.45, 7) is 20.0. The second-order valence-electron chi connectivity index (χ2n) is 10.2. The van der Waals surface area contributed by atoms with Crippen LogP contribution in [0.2, 0.25) is 0 Å². The van der Waals surface area contributed by atoms with Crippen molar-refractivity contribution in [3.63, 3.8) is 0 Å². The van der Waals surface area contributed by atoms with Crippen LogP contribution in [0.15, 0.2) is 103 Å². The first-order valence-corrected chi connectivity index (χ1v) is 13.8. The lowest BCUT2D eigenvalue weighted by Gasteiger charge is -2.11. The minimum absolute atomic E-state index is 0.0178. The maximum absolute atomic E-state index is 15.0. The van der Waals surface area contributed by atoms with Crippen molar-refractivity contribution < 1.29 is 42.5 Å². The molecule has 236 valence electrons. The zero-order valence-electron chi connectivity index (χ0n) is 26.2. The van der Waals surface area contributed by atoms with Crippen LogP contribution in [0.5, 0.6) is 23.0 Å². The Labute approximate surface area is 271 Å². The molecule has 3 aromatic carbocycles. The number of benzene rings is 3. The van der Waals surface area contributed by atoms with E-state index in [4.69, 9.17) is 18.9 Å². The molecule has 0 saturated carbocycles. The minimum Gasteiger partial charge on any atom is -0.419 e. The number of hydrogen-bond acceptors (Lipinski definition) is 8. The number of hydrogen-bond donors (Lipinski definition) is 0. The van der Waals surface area contributed by atoms with Gasteiger partial charge < -0.3 is 18.9 Å². The average molecular weight is 633 g/mol. The molecule has 0 aliphatic rings. The maximum atomic E-state index is 15.0. The summed E-state index contributed by atoms with van der Waals surface area (Å²) in [5.74, 6) is 7.47. The topological polar surface area (TPSA) is 105 Å². The predicted octanol–water partition coefficient (Wildman–Crippen LogP) is 6.55. The van der Waals surface area contributed by atoms with E-state index >= 15 is 0 Å². The first-order valence-electron chi connectivity index (χ1n) is 13.8. The average Bonchev–Trinajstić information content (AvgIpc) is 3.01. The molecule has 0 spiro atoms. The van der Waals surface area contributed by atoms with Crippen molar-refractivity contribution in [1.29, 1.82) is 0 Å². The van der Waals surface area contributed by atoms with Gasteiger partial charge in [0, 0.05) is 51.1 Å². The summed E-state index contributed by atoms with van der Waals surface area (Å²) in [6, 6.07) is 12.8. The van der Waals surface area contributed by atoms with Gasteiger partial charge in [0.15, 0.2) is 23.0 Å². The number of ether oxygens (including phenoxy) is 4. The van der Waals surface area contributed by atoms with Gasteiger partial charge in [0.25, 0.3) is 0 Å². The van der Waals surface area contributed by atoms with Gasteiger partial charge >= 0.3 is 23.9 Å². The van der Waals surface area contributed by atoms with Crippen LogP contribution in [0.3, 0.4) is 0 Å². The highest BCUT2D eigenvalue weighted by molar-refractivity contribution is 5.92. The molecule has 0 radical (unpaired) electrons. The molecule has 0 aliphatic heterocycles. The second kappa shape index (κ2) is 15.5. The van der Waals surface area contributed by atoms with Crippen LogP contribution in [-0.2, 0) is 19.2 Å². The smallest absolute Gasteiger partial charge is 0.338 e. The molecule has 47 heavy (non-hydrogen) atoms. The normalized spacial score (nSPS) is 9.72. The standard InChI is InChI=1S/C38H29FO8/c1-22(2)35(40)44-31-17-13-27(20-33(31)46-37(42)24(5)6)10-9-26-11-15-29(30(39)19-26)16-12-28-14-18-32(45-36(41)23(3)4)34(21-28)47-38(43)25(7)8/h11,13-15,17-21H,1,3,5,7H2,2,4,6,8H3. The van der Waals surface area contributed by atoms with Crippen molar-refractivity contribution in [2.75, 3.05) is 0 Å². The fraction of sp³-hybridized carbons (Fsp3) is 0.105. The monoisotopic (exact) mass is 632 g/mol. The van der Waals surface area contributed by atoms with Crippen LogP contribution in [0, 0.1) is 29.5 Å². The van der Waals surface area contributed by atoms with Gasteiger partial charge in [-0.3, -0.25) is 0 Å². The molecule has 0 bridgehead atoms. The number of rotatable bonds is 8. The van der Waals surface area contributed by atoms with E-state index in [9.17, 15) is 23.6 Å². The second-order valence-corrected chi connectivity index (χ2v) is 10.2. The fourth-order valence-corrected chi connectivity index (χ4v) is 3.23. The van der Waals surface area contributed by atoms with Gasteiger partial charge in [-0.1, -0.05) is 50.0 Å². The minimum atomic E-state index is -0.739. The van der Waals surface area contributed by atoms with Crippen LogP contribution in [0.1, 0.15) is 49.9 Å². The van der Waals surface area contributed by atoms with E-state index in [1.165, 1.54) is 76.2 Å². The van der Waals surface area contributed by atoms with Gasteiger partial charge in [0.1, 0.15) is 5.82 Å². The molecule has 3 aromatic rings. The highest BCUT2D eigenvalue weighted by atomic mass is 19.1. The van der Waals surface area contributed by atoms with Gasteiger partial charge in [-0.05, 0) is 70.2 Å². The van der Waals surface area contributed by atoms with Crippen LogP contribution in [-0.4, -0.2) is 23.9 Å². The molecule has 0 aromatic heterocycles. The summed E-state index contributed by atoms with van der Waals surface area (Å²) < 4.78 is 36.1. The summed E-state index contributed by atoms with van der Waals surface area (Å²) in [7, 11) is 0. The lowest BCUT2D eigenvalue weighted by Crippen LogP contribution is -2.12. The van der Waals surface area contributed by atoms with Gasteiger partial charge in [0.05, 0.1) is 5.56 Å². The highest BCUT2D eigenvalue weighted by Gasteiger charge is 2.17. The largest absolute Gasteiger partial charge is 0.419 e. The van der Waals surface area contributed by atoms with Crippen molar-refractivity contribution in [2.45, 2.75) is 27.7 Å². The quantitative estimate of drug-likeness (QED) is 0.119. The Kier molecular flexibility index (Phi) is 11.6. The highest BCUT2D eigenvalue weighted by Crippen LogP contribution is 2.31. The lowest BCUT2D eigenvalue weighted by molar-refractivity contribution is -0.132. The fourth-order valence-electron chi connectivity index (χ4n) is 3.23. The number of esters is 4. The molecule has 0 atom stereocenters. The number of carbonyl (C=O) groups is 4. The van der Waals surface area contributed by atoms with Gasteiger partial charge in [-0.2, -0.15) is 0 Å². The Hall–Kier alpha value is -6.45. The van der Waals surface area contributed by atoms with E-state index in [0.717, 1.165) is 0 Å². The van der Waals surface area contributed by atoms with E-state index in [-0.39, 0.29) is 50.9 Å². The van der Waals surface area contributed by atoms with E-state index in [1.54, 1.807) is 6.07 Å². The first kappa shape index (κ1) is 35.0. The third kappa shape index (κ3) is 10.0. The Morgan fingerprint density at radius 2 is 0.809 bits per heavy atom. The summed E-state index contributed by atoms with van der Waals surface area (Å²) in [5.41, 5.74) is 1.65. The lowest BCUT2D eigenvalue weighted by atomic mass is 10.1. The van der Waals surface area contributed by atoms with E-state index in [0.29, 0.717) is 16.7 Å². The van der Waals surface area contributed by atoms with Crippen molar-refractivity contribution in [3.05, 3.63) is 131 Å². The van der Waals surface area contributed by atoms with Gasteiger partial charge in [-0.25, -0.2) is 23.6 Å². The third-order valence-corrected chi connectivity index (χ3v) is 5.75. The Morgan fingerprint density at radius 1 is 0.489 bits per heavy atom. The molecule has 0 fully saturated rings. The molecule has 0 N–H and O–H groups in total. The summed E-state index contributed by atoms with van der Waals surface area (Å²) in [5, 5.41) is 0.